The van der Waals surface area contributed by atoms with Gasteiger partial charge in [-0.2, -0.15) is 0 Å². The fourth-order valence-electron chi connectivity index (χ4n) is 4.79. The van der Waals surface area contributed by atoms with Gasteiger partial charge in [-0.3, -0.25) is 9.97 Å². The number of nitrogens with zero attached hydrogens (tertiary/aromatic N) is 2. The highest BCUT2D eigenvalue weighted by Gasteiger charge is 2.45. The molecule has 2 bridgehead atoms. The minimum Gasteiger partial charge on any atom is -0.251 e. The van der Waals surface area contributed by atoms with Gasteiger partial charge in [0.15, 0.2) is 0 Å². The predicted molar refractivity (Wildman–Crippen MR) is 117 cm³/mol. The minimum atomic E-state index is 0.218. The number of hydrogen-bond acceptors (Lipinski definition) is 2. The maximum atomic E-state index is 5.06. The second kappa shape index (κ2) is 5.86. The minimum absolute atomic E-state index is 0.218. The summed E-state index contributed by atoms with van der Waals surface area (Å²) in [4.78, 5) is 10.6. The van der Waals surface area contributed by atoms with Gasteiger partial charge in [-0.1, -0.05) is 68.3 Å². The molecular formula is C23H16Br2N2. The third-order valence-corrected chi connectivity index (χ3v) is 8.25. The van der Waals surface area contributed by atoms with E-state index in [1.165, 1.54) is 33.3 Å². The van der Waals surface area contributed by atoms with Crippen LogP contribution in [0.1, 0.15) is 50.4 Å². The van der Waals surface area contributed by atoms with Gasteiger partial charge in [0.05, 0.1) is 32.1 Å². The highest BCUT2D eigenvalue weighted by molar-refractivity contribution is 9.09. The first kappa shape index (κ1) is 16.2. The van der Waals surface area contributed by atoms with E-state index in [-0.39, 0.29) is 9.65 Å². The third-order valence-electron chi connectivity index (χ3n) is 6.10. The monoisotopic (exact) mass is 478 g/mol. The van der Waals surface area contributed by atoms with E-state index >= 15 is 0 Å². The Morgan fingerprint density at radius 1 is 0.667 bits per heavy atom. The van der Waals surface area contributed by atoms with Crippen LogP contribution in [0.15, 0.2) is 60.7 Å². The van der Waals surface area contributed by atoms with Gasteiger partial charge < -0.3 is 0 Å². The number of para-hydroxylation sites is 2. The van der Waals surface area contributed by atoms with Crippen LogP contribution in [0.2, 0.25) is 0 Å². The smallest absolute Gasteiger partial charge is 0.0706 e. The number of fused-ring (bicyclic) bond motifs is 8. The van der Waals surface area contributed by atoms with E-state index in [2.05, 4.69) is 92.5 Å². The third kappa shape index (κ3) is 2.29. The summed E-state index contributed by atoms with van der Waals surface area (Å²) >= 11 is 8.02. The molecule has 2 aromatic heterocycles. The summed E-state index contributed by atoms with van der Waals surface area (Å²) in [5, 5.41) is 2.43. The highest BCUT2D eigenvalue weighted by atomic mass is 79.9. The second-order valence-corrected chi connectivity index (χ2v) is 9.54. The molecule has 2 aliphatic rings. The van der Waals surface area contributed by atoms with Crippen molar-refractivity contribution in [3.05, 3.63) is 83.2 Å². The van der Waals surface area contributed by atoms with E-state index in [9.17, 15) is 0 Å². The summed E-state index contributed by atoms with van der Waals surface area (Å²) in [6.45, 7) is 0. The Labute approximate surface area is 174 Å². The molecule has 2 aromatic carbocycles. The Balaban J connectivity index is 1.61. The first-order valence-corrected chi connectivity index (χ1v) is 11.1. The number of pyridine rings is 2. The maximum Gasteiger partial charge on any atom is 0.0706 e. The molecule has 4 aromatic rings. The van der Waals surface area contributed by atoms with Crippen LogP contribution in [-0.4, -0.2) is 9.97 Å². The Morgan fingerprint density at radius 2 is 1.11 bits per heavy atom. The van der Waals surface area contributed by atoms with Crippen LogP contribution in [0.25, 0.3) is 21.8 Å². The molecule has 0 radical (unpaired) electrons. The van der Waals surface area contributed by atoms with E-state index in [1.54, 1.807) is 0 Å². The number of hydrogen-bond donors (Lipinski definition) is 0. The van der Waals surface area contributed by atoms with Crippen molar-refractivity contribution < 1.29 is 0 Å². The summed E-state index contributed by atoms with van der Waals surface area (Å²) < 4.78 is 0. The molecule has 2 heterocycles. The zero-order valence-corrected chi connectivity index (χ0v) is 17.6. The summed E-state index contributed by atoms with van der Waals surface area (Å²) in [5.41, 5.74) is 7.24. The molecule has 4 heteroatoms. The molecule has 0 unspecified atom stereocenters. The van der Waals surface area contributed by atoms with Crippen molar-refractivity contribution in [2.75, 3.05) is 0 Å². The lowest BCUT2D eigenvalue weighted by molar-refractivity contribution is 0.442. The van der Waals surface area contributed by atoms with Crippen molar-refractivity contribution in [3.8, 4) is 0 Å². The lowest BCUT2D eigenvalue weighted by Gasteiger charge is -2.42. The standard InChI is InChI=1S/C23H16Br2N2/c24-20-14-11-15(17-10-13-6-2-4-8-19(13)27-23(17)20)21(25)22-16(14)9-12-5-1-3-7-18(12)26-22/h1-10,14-15,20-21H,11H2/t14-,15-,20-,21-/m1/s1. The molecule has 0 aliphatic heterocycles. The Kier molecular flexibility index (Phi) is 3.51. The van der Waals surface area contributed by atoms with Gasteiger partial charge >= 0.3 is 0 Å². The van der Waals surface area contributed by atoms with Crippen LogP contribution < -0.4 is 0 Å². The number of alkyl halides is 2. The van der Waals surface area contributed by atoms with E-state index < -0.39 is 0 Å². The number of aromatic nitrogens is 2. The van der Waals surface area contributed by atoms with Crippen molar-refractivity contribution in [2.45, 2.75) is 27.9 Å². The molecule has 27 heavy (non-hydrogen) atoms. The molecule has 2 aliphatic carbocycles. The molecular weight excluding hydrogens is 464 g/mol. The van der Waals surface area contributed by atoms with Gasteiger partial charge in [-0.25, -0.2) is 0 Å². The molecule has 0 saturated carbocycles. The molecule has 0 N–H and O–H groups in total. The first-order chi connectivity index (χ1) is 13.2. The molecule has 4 atom stereocenters. The lowest BCUT2D eigenvalue weighted by Crippen LogP contribution is -2.29. The van der Waals surface area contributed by atoms with Gasteiger partial charge in [0.25, 0.3) is 0 Å². The molecule has 132 valence electrons. The predicted octanol–water partition coefficient (Wildman–Crippen LogP) is 6.94. The van der Waals surface area contributed by atoms with Gasteiger partial charge in [0.1, 0.15) is 0 Å². The average molecular weight is 480 g/mol. The molecule has 2 nitrogen and oxygen atoms in total. The fourth-order valence-corrected chi connectivity index (χ4v) is 6.53. The van der Waals surface area contributed by atoms with Gasteiger partial charge in [0.2, 0.25) is 0 Å². The van der Waals surface area contributed by atoms with Crippen molar-refractivity contribution in [1.29, 1.82) is 0 Å². The van der Waals surface area contributed by atoms with Crippen molar-refractivity contribution in [2.24, 2.45) is 0 Å². The van der Waals surface area contributed by atoms with Crippen molar-refractivity contribution in [3.63, 3.8) is 0 Å². The first-order valence-electron chi connectivity index (χ1n) is 9.28. The summed E-state index contributed by atoms with van der Waals surface area (Å²) in [6.07, 6.45) is 1.12. The number of benzene rings is 2. The van der Waals surface area contributed by atoms with Crippen LogP contribution in [0.5, 0.6) is 0 Å². The fraction of sp³-hybridized carbons (Fsp3) is 0.217. The van der Waals surface area contributed by atoms with Crippen LogP contribution in [0.4, 0.5) is 0 Å². The Hall–Kier alpha value is -1.78. The zero-order valence-electron chi connectivity index (χ0n) is 14.4. The van der Waals surface area contributed by atoms with Gasteiger partial charge in [-0.05, 0) is 41.8 Å². The molecule has 0 fully saturated rings. The van der Waals surface area contributed by atoms with Crippen LogP contribution in [0, 0.1) is 0 Å². The summed E-state index contributed by atoms with van der Waals surface area (Å²) in [5.74, 6) is 0.800. The van der Waals surface area contributed by atoms with E-state index in [0.717, 1.165) is 17.5 Å². The van der Waals surface area contributed by atoms with Crippen LogP contribution >= 0.6 is 31.9 Å². The quantitative estimate of drug-likeness (QED) is 0.255. The van der Waals surface area contributed by atoms with Crippen LogP contribution in [0.3, 0.4) is 0 Å². The lowest BCUT2D eigenvalue weighted by atomic mass is 9.69. The Morgan fingerprint density at radius 3 is 1.59 bits per heavy atom. The number of halogens is 2. The van der Waals surface area contributed by atoms with E-state index in [1.807, 2.05) is 0 Å². The molecule has 0 spiro atoms. The van der Waals surface area contributed by atoms with E-state index in [4.69, 9.17) is 9.97 Å². The maximum absolute atomic E-state index is 5.06. The molecule has 0 amide bonds. The Bertz CT molecular complexity index is 1120. The van der Waals surface area contributed by atoms with Crippen molar-refractivity contribution >= 4 is 53.7 Å². The largest absolute Gasteiger partial charge is 0.251 e. The normalized spacial score (nSPS) is 26.0. The molecule has 6 rings (SSSR count). The zero-order chi connectivity index (χ0) is 18.1. The van der Waals surface area contributed by atoms with E-state index in [0.29, 0.717) is 11.8 Å². The topological polar surface area (TPSA) is 25.8 Å². The van der Waals surface area contributed by atoms with Crippen LogP contribution in [-0.2, 0) is 0 Å². The van der Waals surface area contributed by atoms with Gasteiger partial charge in [0, 0.05) is 22.6 Å². The SMILES string of the molecule is Br[C@H]1c2nc3ccccc3cc2[C@H]2C[C@@H]1c1cc3ccccc3nc1[C@@H]2Br. The number of rotatable bonds is 0. The second-order valence-electron chi connectivity index (χ2n) is 7.56. The summed E-state index contributed by atoms with van der Waals surface area (Å²) in [6, 6.07) is 21.5. The highest BCUT2D eigenvalue weighted by Crippen LogP contribution is 2.60. The summed E-state index contributed by atoms with van der Waals surface area (Å²) in [7, 11) is 0. The molecule has 0 saturated heterocycles. The average Bonchev–Trinajstić information content (AvgIpc) is 2.71. The van der Waals surface area contributed by atoms with Crippen molar-refractivity contribution in [1.82, 2.24) is 9.97 Å². The van der Waals surface area contributed by atoms with Gasteiger partial charge in [-0.15, -0.1) is 0 Å².